The first kappa shape index (κ1) is 20.8. The van der Waals surface area contributed by atoms with E-state index in [4.69, 9.17) is 4.52 Å². The Hall–Kier alpha value is -1.23. The van der Waals surface area contributed by atoms with E-state index in [0.29, 0.717) is 24.2 Å². The first-order valence-electron chi connectivity index (χ1n) is 7.57. The van der Waals surface area contributed by atoms with Crippen molar-refractivity contribution >= 4 is 41.3 Å². The summed E-state index contributed by atoms with van der Waals surface area (Å²) in [6.45, 7) is 9.42. The number of hydrogen-bond acceptors (Lipinski definition) is 6. The van der Waals surface area contributed by atoms with Crippen molar-refractivity contribution in [2.75, 3.05) is 13.6 Å². The minimum absolute atomic E-state index is 0. The number of thiazole rings is 1. The fraction of sp³-hybridized carbons (Fsp3) is 0.600. The fourth-order valence-electron chi connectivity index (χ4n) is 1.82. The Morgan fingerprint density at radius 3 is 2.62 bits per heavy atom. The first-order valence-corrected chi connectivity index (χ1v) is 8.39. The van der Waals surface area contributed by atoms with Crippen molar-refractivity contribution in [3.05, 3.63) is 27.8 Å². The van der Waals surface area contributed by atoms with E-state index in [2.05, 4.69) is 37.7 Å². The van der Waals surface area contributed by atoms with Crippen LogP contribution in [0.5, 0.6) is 0 Å². The predicted octanol–water partition coefficient (Wildman–Crippen LogP) is 2.66. The highest BCUT2D eigenvalue weighted by Crippen LogP contribution is 2.19. The zero-order valence-electron chi connectivity index (χ0n) is 14.7. The van der Waals surface area contributed by atoms with Crippen molar-refractivity contribution in [3.8, 4) is 0 Å². The van der Waals surface area contributed by atoms with Crippen LogP contribution in [0.1, 0.15) is 42.4 Å². The number of hydrogen-bond donors (Lipinski definition) is 2. The van der Waals surface area contributed by atoms with Crippen LogP contribution in [0.15, 0.2) is 15.7 Å². The lowest BCUT2D eigenvalue weighted by Gasteiger charge is -2.11. The van der Waals surface area contributed by atoms with Crippen molar-refractivity contribution in [2.24, 2.45) is 4.99 Å². The van der Waals surface area contributed by atoms with E-state index in [1.165, 1.54) is 4.88 Å². The van der Waals surface area contributed by atoms with Gasteiger partial charge in [-0.25, -0.2) is 4.98 Å². The molecule has 0 radical (unpaired) electrons. The molecule has 0 aliphatic carbocycles. The van der Waals surface area contributed by atoms with Crippen LogP contribution < -0.4 is 10.6 Å². The molecule has 0 aliphatic rings. The molecule has 2 rings (SSSR count). The van der Waals surface area contributed by atoms with Gasteiger partial charge in [0.1, 0.15) is 0 Å². The Labute approximate surface area is 163 Å². The molecule has 2 aromatic rings. The zero-order chi connectivity index (χ0) is 16.9. The average molecular weight is 464 g/mol. The Bertz CT molecular complexity index is 661. The molecule has 9 heteroatoms. The molecule has 0 saturated heterocycles. The Morgan fingerprint density at radius 2 is 2.08 bits per heavy atom. The van der Waals surface area contributed by atoms with Gasteiger partial charge in [0.15, 0.2) is 11.8 Å². The topological polar surface area (TPSA) is 88.2 Å². The third-order valence-corrected chi connectivity index (χ3v) is 4.02. The number of halogens is 1. The molecule has 7 nitrogen and oxygen atoms in total. The third kappa shape index (κ3) is 6.34. The highest BCUT2D eigenvalue weighted by atomic mass is 127. The molecule has 0 aromatic carbocycles. The molecule has 24 heavy (non-hydrogen) atoms. The van der Waals surface area contributed by atoms with E-state index in [0.717, 1.165) is 18.0 Å². The largest absolute Gasteiger partial charge is 0.356 e. The van der Waals surface area contributed by atoms with Gasteiger partial charge < -0.3 is 15.2 Å². The molecule has 2 aromatic heterocycles. The lowest BCUT2D eigenvalue weighted by atomic mass is 9.97. The first-order chi connectivity index (χ1) is 10.9. The van der Waals surface area contributed by atoms with Gasteiger partial charge in [0, 0.05) is 36.5 Å². The second-order valence-electron chi connectivity index (χ2n) is 6.23. The maximum Gasteiger partial charge on any atom is 0.232 e. The minimum atomic E-state index is -0.142. The van der Waals surface area contributed by atoms with E-state index in [-0.39, 0.29) is 29.4 Å². The van der Waals surface area contributed by atoms with Crippen molar-refractivity contribution in [1.82, 2.24) is 25.8 Å². The number of rotatable bonds is 5. The number of aryl methyl sites for hydroxylation is 1. The number of guanidine groups is 1. The maximum atomic E-state index is 5.27. The van der Waals surface area contributed by atoms with Crippen molar-refractivity contribution in [3.63, 3.8) is 0 Å². The third-order valence-electron chi connectivity index (χ3n) is 3.05. The minimum Gasteiger partial charge on any atom is -0.356 e. The second-order valence-corrected chi connectivity index (χ2v) is 7.55. The van der Waals surface area contributed by atoms with Crippen molar-refractivity contribution in [2.45, 2.75) is 46.1 Å². The van der Waals surface area contributed by atoms with Crippen LogP contribution >= 0.6 is 35.3 Å². The van der Waals surface area contributed by atoms with E-state index in [9.17, 15) is 0 Å². The molecule has 2 N–H and O–H groups in total. The van der Waals surface area contributed by atoms with Crippen LogP contribution in [0.2, 0.25) is 0 Å². The van der Waals surface area contributed by atoms with Gasteiger partial charge in [-0.15, -0.1) is 35.3 Å². The molecule has 134 valence electrons. The van der Waals surface area contributed by atoms with Crippen molar-refractivity contribution < 1.29 is 4.52 Å². The van der Waals surface area contributed by atoms with E-state index in [1.54, 1.807) is 18.4 Å². The molecule has 0 amide bonds. The molecule has 0 bridgehead atoms. The van der Waals surface area contributed by atoms with Crippen LogP contribution in [0.25, 0.3) is 0 Å². The molecule has 0 aliphatic heterocycles. The molecule has 0 unspecified atom stereocenters. The number of nitrogens with one attached hydrogen (secondary N) is 2. The Balaban J connectivity index is 0.00000288. The highest BCUT2D eigenvalue weighted by Gasteiger charge is 2.21. The summed E-state index contributed by atoms with van der Waals surface area (Å²) in [5, 5.41) is 11.5. The highest BCUT2D eigenvalue weighted by molar-refractivity contribution is 14.0. The van der Waals surface area contributed by atoms with Crippen molar-refractivity contribution in [1.29, 1.82) is 0 Å². The lowest BCUT2D eigenvalue weighted by Crippen LogP contribution is -2.38. The van der Waals surface area contributed by atoms with Gasteiger partial charge in [0.05, 0.1) is 11.6 Å². The van der Waals surface area contributed by atoms with Gasteiger partial charge in [-0.05, 0) is 6.92 Å². The van der Waals surface area contributed by atoms with Gasteiger partial charge in [-0.2, -0.15) is 4.98 Å². The van der Waals surface area contributed by atoms with Gasteiger partial charge in [-0.1, -0.05) is 25.9 Å². The summed E-state index contributed by atoms with van der Waals surface area (Å²) in [6.07, 6.45) is 2.77. The summed E-state index contributed by atoms with van der Waals surface area (Å²) in [5.41, 5.74) is -0.142. The summed E-state index contributed by atoms with van der Waals surface area (Å²) in [6, 6.07) is 0. The molecule has 0 atom stereocenters. The predicted molar refractivity (Wildman–Crippen MR) is 107 cm³/mol. The van der Waals surface area contributed by atoms with Crippen LogP contribution in [-0.4, -0.2) is 34.7 Å². The Kier molecular flexibility index (Phi) is 8.07. The standard InChI is InChI=1S/C15H24N6OS.HI/c1-10-8-18-12(23-10)6-7-17-14(16-5)19-9-11-20-13(22-21-11)15(2,3)4;/h8H,6-7,9H2,1-5H3,(H2,16,17,19);1H. The van der Waals surface area contributed by atoms with Crippen LogP contribution in [-0.2, 0) is 18.4 Å². The molecule has 0 spiro atoms. The summed E-state index contributed by atoms with van der Waals surface area (Å²) in [4.78, 5) is 14.1. The number of aromatic nitrogens is 3. The average Bonchev–Trinajstić information content (AvgIpc) is 3.11. The summed E-state index contributed by atoms with van der Waals surface area (Å²) < 4.78 is 5.27. The smallest absolute Gasteiger partial charge is 0.232 e. The summed E-state index contributed by atoms with van der Waals surface area (Å²) in [7, 11) is 1.74. The van der Waals surface area contributed by atoms with E-state index < -0.39 is 0 Å². The molecule has 2 heterocycles. The molecular formula is C15H25IN6OS. The van der Waals surface area contributed by atoms with E-state index >= 15 is 0 Å². The molecule has 0 saturated carbocycles. The summed E-state index contributed by atoms with van der Waals surface area (Å²) in [5.74, 6) is 1.96. The Morgan fingerprint density at radius 1 is 1.33 bits per heavy atom. The van der Waals surface area contributed by atoms with Gasteiger partial charge in [0.2, 0.25) is 5.89 Å². The molecular weight excluding hydrogens is 439 g/mol. The van der Waals surface area contributed by atoms with Crippen LogP contribution in [0, 0.1) is 6.92 Å². The van der Waals surface area contributed by atoms with Gasteiger partial charge >= 0.3 is 0 Å². The molecule has 0 fully saturated rings. The lowest BCUT2D eigenvalue weighted by molar-refractivity contribution is 0.318. The quantitative estimate of drug-likeness (QED) is 0.402. The number of nitrogens with zero attached hydrogens (tertiary/aromatic N) is 4. The van der Waals surface area contributed by atoms with Crippen LogP contribution in [0.4, 0.5) is 0 Å². The monoisotopic (exact) mass is 464 g/mol. The maximum absolute atomic E-state index is 5.27. The zero-order valence-corrected chi connectivity index (χ0v) is 17.9. The fourth-order valence-corrected chi connectivity index (χ4v) is 2.61. The SMILES string of the molecule is CN=C(NCCc1ncc(C)s1)NCc1noc(C(C)(C)C)n1.I. The van der Waals surface area contributed by atoms with E-state index in [1.807, 2.05) is 27.0 Å². The van der Waals surface area contributed by atoms with Gasteiger partial charge in [0.25, 0.3) is 0 Å². The van der Waals surface area contributed by atoms with Gasteiger partial charge in [-0.3, -0.25) is 4.99 Å². The van der Waals surface area contributed by atoms with Crippen LogP contribution in [0.3, 0.4) is 0 Å². The number of aliphatic imine (C=N–C) groups is 1. The second kappa shape index (κ2) is 9.30. The normalized spacial score (nSPS) is 12.0. The summed E-state index contributed by atoms with van der Waals surface area (Å²) >= 11 is 1.72.